The van der Waals surface area contributed by atoms with E-state index in [0.717, 1.165) is 12.8 Å². The average Bonchev–Trinajstić information content (AvgIpc) is 2.94. The van der Waals surface area contributed by atoms with Gasteiger partial charge in [-0.15, -0.1) is 0 Å². The third-order valence-electron chi connectivity index (χ3n) is 6.39. The van der Waals surface area contributed by atoms with Gasteiger partial charge in [0.2, 0.25) is 0 Å². The molecule has 0 aliphatic carbocycles. The Balaban J connectivity index is 1.47. The Bertz CT molecular complexity index is 1190. The predicted octanol–water partition coefficient (Wildman–Crippen LogP) is 5.37. The lowest BCUT2D eigenvalue weighted by atomic mass is 9.88. The van der Waals surface area contributed by atoms with Crippen molar-refractivity contribution in [2.75, 3.05) is 27.3 Å². The lowest BCUT2D eigenvalue weighted by molar-refractivity contribution is -0.138. The van der Waals surface area contributed by atoms with Crippen molar-refractivity contribution < 1.29 is 23.8 Å². The number of nitrogens with zero attached hydrogens (tertiary/aromatic N) is 1. The highest BCUT2D eigenvalue weighted by Gasteiger charge is 2.27. The molecule has 1 aliphatic rings. The molecule has 0 spiro atoms. The Morgan fingerprint density at radius 3 is 1.89 bits per heavy atom. The largest absolute Gasteiger partial charge is 0.493 e. The van der Waals surface area contributed by atoms with Gasteiger partial charge in [-0.25, -0.2) is 4.79 Å². The smallest absolute Gasteiger partial charge is 0.337 e. The fraction of sp³-hybridized carbons (Fsp3) is 0.267. The maximum absolute atomic E-state index is 13.2. The summed E-state index contributed by atoms with van der Waals surface area (Å²) in [5.74, 6) is 0.233. The summed E-state index contributed by atoms with van der Waals surface area (Å²) in [6.45, 7) is 2.99. The predicted molar refractivity (Wildman–Crippen MR) is 139 cm³/mol. The van der Waals surface area contributed by atoms with E-state index in [-0.39, 0.29) is 5.91 Å². The van der Waals surface area contributed by atoms with Crippen LogP contribution in [-0.2, 0) is 9.53 Å². The molecule has 1 aliphatic heterocycles. The van der Waals surface area contributed by atoms with E-state index in [9.17, 15) is 9.59 Å². The zero-order chi connectivity index (χ0) is 25.5. The lowest BCUT2D eigenvalue weighted by Crippen LogP contribution is -2.43. The topological polar surface area (TPSA) is 65.1 Å². The number of esters is 1. The number of carbonyl (C=O) groups is 2. The summed E-state index contributed by atoms with van der Waals surface area (Å²) in [4.78, 5) is 26.9. The molecule has 1 heterocycles. The molecule has 1 unspecified atom stereocenters. The fourth-order valence-electron chi connectivity index (χ4n) is 4.54. The first-order valence-corrected chi connectivity index (χ1v) is 12.1. The fourth-order valence-corrected chi connectivity index (χ4v) is 4.54. The van der Waals surface area contributed by atoms with Gasteiger partial charge in [0, 0.05) is 13.1 Å². The lowest BCUT2D eigenvalue weighted by Gasteiger charge is -2.32. The Morgan fingerprint density at radius 1 is 0.778 bits per heavy atom. The van der Waals surface area contributed by atoms with Crippen molar-refractivity contribution in [1.82, 2.24) is 4.90 Å². The number of ether oxygens (including phenoxy) is 3. The van der Waals surface area contributed by atoms with Gasteiger partial charge in [0.1, 0.15) is 0 Å². The molecule has 1 saturated heterocycles. The number of piperidine rings is 1. The van der Waals surface area contributed by atoms with E-state index in [2.05, 4.69) is 48.5 Å². The van der Waals surface area contributed by atoms with Crippen LogP contribution in [0, 0.1) is 0 Å². The molecule has 186 valence electrons. The number of likely N-dealkylation sites (tertiary alicyclic amines) is 1. The molecule has 1 fully saturated rings. The highest BCUT2D eigenvalue weighted by Crippen LogP contribution is 2.33. The van der Waals surface area contributed by atoms with Crippen LogP contribution in [-0.4, -0.2) is 50.2 Å². The first-order chi connectivity index (χ1) is 17.5. The molecule has 1 amide bonds. The molecule has 1 atom stereocenters. The van der Waals surface area contributed by atoms with Crippen LogP contribution < -0.4 is 9.47 Å². The van der Waals surface area contributed by atoms with Gasteiger partial charge in [0.05, 0.1) is 19.8 Å². The molecule has 6 nitrogen and oxygen atoms in total. The van der Waals surface area contributed by atoms with E-state index in [4.69, 9.17) is 14.2 Å². The number of carbonyl (C=O) groups excluding carboxylic acids is 2. The highest BCUT2D eigenvalue weighted by atomic mass is 16.5. The van der Waals surface area contributed by atoms with Crippen LogP contribution in [0.3, 0.4) is 0 Å². The van der Waals surface area contributed by atoms with Crippen molar-refractivity contribution in [2.45, 2.75) is 25.9 Å². The zero-order valence-corrected chi connectivity index (χ0v) is 20.9. The number of amides is 1. The maximum atomic E-state index is 13.2. The third kappa shape index (κ3) is 5.60. The van der Waals surface area contributed by atoms with Crippen LogP contribution in [0.1, 0.15) is 41.3 Å². The summed E-state index contributed by atoms with van der Waals surface area (Å²) in [5, 5.41) is 0. The number of hydrogen-bond donors (Lipinski definition) is 0. The van der Waals surface area contributed by atoms with Gasteiger partial charge >= 0.3 is 5.97 Å². The summed E-state index contributed by atoms with van der Waals surface area (Å²) in [6, 6.07) is 25.6. The molecule has 6 heteroatoms. The Kier molecular flexibility index (Phi) is 8.06. The minimum Gasteiger partial charge on any atom is -0.493 e. The molecule has 36 heavy (non-hydrogen) atoms. The van der Waals surface area contributed by atoms with E-state index in [1.54, 1.807) is 25.1 Å². The van der Waals surface area contributed by atoms with E-state index in [1.165, 1.54) is 36.5 Å². The first kappa shape index (κ1) is 25.0. The monoisotopic (exact) mass is 485 g/mol. The number of hydrogen-bond acceptors (Lipinski definition) is 5. The summed E-state index contributed by atoms with van der Waals surface area (Å²) < 4.78 is 16.1. The molecule has 0 bridgehead atoms. The first-order valence-electron chi connectivity index (χ1n) is 12.1. The van der Waals surface area contributed by atoms with Gasteiger partial charge in [-0.1, -0.05) is 66.2 Å². The van der Waals surface area contributed by atoms with Gasteiger partial charge in [-0.3, -0.25) is 4.79 Å². The van der Waals surface area contributed by atoms with E-state index in [0.29, 0.717) is 30.2 Å². The van der Waals surface area contributed by atoms with Crippen molar-refractivity contribution in [3.8, 4) is 11.5 Å². The van der Waals surface area contributed by atoms with E-state index < -0.39 is 12.1 Å². The Morgan fingerprint density at radius 2 is 1.36 bits per heavy atom. The maximum Gasteiger partial charge on any atom is 0.337 e. The molecular weight excluding hydrogens is 454 g/mol. The standard InChI is InChI=1S/C30H31NO5/c1-21(36-26-15-14-25(30(33)35-3)20-27(26)34-2)29(32)31-18-16-24(17-19-31)28(22-10-6-4-7-11-22)23-12-8-5-9-13-23/h4-15,20-21H,16-19H2,1-3H3. The van der Waals surface area contributed by atoms with Crippen LogP contribution in [0.25, 0.3) is 5.57 Å². The Hall–Kier alpha value is -4.06. The molecule has 3 aromatic carbocycles. The molecule has 0 radical (unpaired) electrons. The average molecular weight is 486 g/mol. The SMILES string of the molecule is COC(=O)c1ccc(OC(C)C(=O)N2CCC(=C(c3ccccc3)c3ccccc3)CC2)c(OC)c1. The van der Waals surface area contributed by atoms with Gasteiger partial charge in [0.15, 0.2) is 17.6 Å². The Labute approximate surface area is 212 Å². The third-order valence-corrected chi connectivity index (χ3v) is 6.39. The van der Waals surface area contributed by atoms with Crippen molar-refractivity contribution in [1.29, 1.82) is 0 Å². The van der Waals surface area contributed by atoms with Crippen LogP contribution in [0.2, 0.25) is 0 Å². The molecule has 0 N–H and O–H groups in total. The molecule has 3 aromatic rings. The second-order valence-corrected chi connectivity index (χ2v) is 8.65. The second kappa shape index (κ2) is 11.6. The van der Waals surface area contributed by atoms with E-state index in [1.807, 2.05) is 17.0 Å². The van der Waals surface area contributed by atoms with Gasteiger partial charge in [0.25, 0.3) is 5.91 Å². The van der Waals surface area contributed by atoms with Crippen LogP contribution in [0.4, 0.5) is 0 Å². The van der Waals surface area contributed by atoms with Crippen molar-refractivity contribution in [3.05, 3.63) is 101 Å². The minimum absolute atomic E-state index is 0.0749. The van der Waals surface area contributed by atoms with Crippen molar-refractivity contribution in [3.63, 3.8) is 0 Å². The molecule has 0 saturated carbocycles. The second-order valence-electron chi connectivity index (χ2n) is 8.65. The molecule has 0 aromatic heterocycles. The zero-order valence-electron chi connectivity index (χ0n) is 20.9. The highest BCUT2D eigenvalue weighted by molar-refractivity contribution is 5.90. The van der Waals surface area contributed by atoms with Crippen molar-refractivity contribution >= 4 is 17.4 Å². The number of rotatable bonds is 7. The van der Waals surface area contributed by atoms with Crippen molar-refractivity contribution in [2.24, 2.45) is 0 Å². The van der Waals surface area contributed by atoms with Gasteiger partial charge < -0.3 is 19.1 Å². The van der Waals surface area contributed by atoms with E-state index >= 15 is 0 Å². The normalized spacial score (nSPS) is 14.1. The van der Waals surface area contributed by atoms with Crippen LogP contribution >= 0.6 is 0 Å². The summed E-state index contributed by atoms with van der Waals surface area (Å²) in [5.41, 5.74) is 5.34. The summed E-state index contributed by atoms with van der Waals surface area (Å²) in [7, 11) is 2.81. The molecule has 4 rings (SSSR count). The van der Waals surface area contributed by atoms with Gasteiger partial charge in [-0.05, 0) is 54.7 Å². The summed E-state index contributed by atoms with van der Waals surface area (Å²) >= 11 is 0. The quantitative estimate of drug-likeness (QED) is 0.421. The number of methoxy groups -OCH3 is 2. The van der Waals surface area contributed by atoms with Crippen LogP contribution in [0.5, 0.6) is 11.5 Å². The molecular formula is C30H31NO5. The van der Waals surface area contributed by atoms with Crippen LogP contribution in [0.15, 0.2) is 84.4 Å². The van der Waals surface area contributed by atoms with Gasteiger partial charge in [-0.2, -0.15) is 0 Å². The summed E-state index contributed by atoms with van der Waals surface area (Å²) in [6.07, 6.45) is 0.903. The number of benzene rings is 3. The minimum atomic E-state index is -0.698.